The first kappa shape index (κ1) is 19.6. The van der Waals surface area contributed by atoms with Crippen molar-refractivity contribution >= 4 is 27.8 Å². The number of hydrogen-bond donors (Lipinski definition) is 2. The predicted octanol–water partition coefficient (Wildman–Crippen LogP) is 2.51. The van der Waals surface area contributed by atoms with E-state index in [9.17, 15) is 4.79 Å². The number of ether oxygens (including phenoxy) is 1. The number of amides is 1. The van der Waals surface area contributed by atoms with Gasteiger partial charge < -0.3 is 20.7 Å². The normalized spacial score (nSPS) is 18.1. The second kappa shape index (κ2) is 9.65. The first-order valence-electron chi connectivity index (χ1n) is 8.67. The van der Waals surface area contributed by atoms with Gasteiger partial charge in [-0.3, -0.25) is 4.79 Å². The minimum atomic E-state index is -0.229. The van der Waals surface area contributed by atoms with Crippen molar-refractivity contribution in [3.05, 3.63) is 28.2 Å². The highest BCUT2D eigenvalue weighted by Crippen LogP contribution is 2.24. The Bertz CT molecular complexity index is 621. The van der Waals surface area contributed by atoms with Crippen molar-refractivity contribution in [1.29, 1.82) is 0 Å². The average molecular weight is 411 g/mol. The third kappa shape index (κ3) is 5.92. The summed E-state index contributed by atoms with van der Waals surface area (Å²) >= 11 is 3.50. The molecule has 1 unspecified atom stereocenters. The number of nitrogens with one attached hydrogen (secondary N) is 1. The van der Waals surface area contributed by atoms with Gasteiger partial charge in [-0.15, -0.1) is 0 Å². The van der Waals surface area contributed by atoms with Crippen LogP contribution in [0.15, 0.2) is 27.7 Å². The Kier molecular flexibility index (Phi) is 7.55. The molecule has 7 heteroatoms. The average Bonchev–Trinajstić information content (AvgIpc) is 2.58. The van der Waals surface area contributed by atoms with E-state index in [1.807, 2.05) is 18.2 Å². The van der Waals surface area contributed by atoms with E-state index < -0.39 is 0 Å². The van der Waals surface area contributed by atoms with Crippen molar-refractivity contribution in [3.63, 3.8) is 0 Å². The van der Waals surface area contributed by atoms with E-state index in [0.29, 0.717) is 18.9 Å². The molecule has 138 valence electrons. The lowest BCUT2D eigenvalue weighted by atomic mass is 9.95. The number of halogens is 1. The fourth-order valence-electron chi connectivity index (χ4n) is 3.17. The van der Waals surface area contributed by atoms with Gasteiger partial charge >= 0.3 is 0 Å². The molecule has 0 spiro atoms. The van der Waals surface area contributed by atoms with E-state index in [0.717, 1.165) is 54.2 Å². The Labute approximate surface area is 157 Å². The van der Waals surface area contributed by atoms with Crippen LogP contribution in [-0.2, 0) is 11.3 Å². The molecule has 1 atom stereocenters. The molecule has 1 saturated heterocycles. The van der Waals surface area contributed by atoms with E-state index in [2.05, 4.69) is 33.1 Å². The maximum atomic E-state index is 11.2. The maximum absolute atomic E-state index is 11.2. The number of benzene rings is 1. The number of carbonyl (C=O) groups excluding carboxylic acids is 1. The summed E-state index contributed by atoms with van der Waals surface area (Å²) in [4.78, 5) is 18.2. The van der Waals surface area contributed by atoms with Crippen molar-refractivity contribution in [1.82, 2.24) is 10.2 Å². The van der Waals surface area contributed by atoms with Gasteiger partial charge in [-0.25, -0.2) is 4.99 Å². The van der Waals surface area contributed by atoms with Crippen LogP contribution < -0.4 is 15.8 Å². The summed E-state index contributed by atoms with van der Waals surface area (Å²) < 4.78 is 6.43. The molecular weight excluding hydrogens is 384 g/mol. The summed E-state index contributed by atoms with van der Waals surface area (Å²) in [6.45, 7) is 5.13. The monoisotopic (exact) mass is 410 g/mol. The molecule has 1 fully saturated rings. The standard InChI is InChI=1S/C18H27BrN4O2/c1-3-21-18(23-8-4-5-13(12-23)9-17(20)24)22-11-14-10-15(19)6-7-16(14)25-2/h6-7,10,13H,3-5,8-9,11-12H2,1-2H3,(H2,20,24)(H,21,22). The fourth-order valence-corrected chi connectivity index (χ4v) is 3.57. The lowest BCUT2D eigenvalue weighted by Crippen LogP contribution is -2.47. The van der Waals surface area contributed by atoms with Crippen LogP contribution in [0.25, 0.3) is 0 Å². The van der Waals surface area contributed by atoms with Gasteiger partial charge in [0.1, 0.15) is 5.75 Å². The molecule has 1 aliphatic heterocycles. The minimum absolute atomic E-state index is 0.229. The van der Waals surface area contributed by atoms with Crippen LogP contribution in [0.1, 0.15) is 31.7 Å². The number of piperidine rings is 1. The van der Waals surface area contributed by atoms with Gasteiger partial charge in [0.2, 0.25) is 5.91 Å². The highest BCUT2D eigenvalue weighted by atomic mass is 79.9. The highest BCUT2D eigenvalue weighted by Gasteiger charge is 2.23. The Morgan fingerprint density at radius 2 is 2.32 bits per heavy atom. The topological polar surface area (TPSA) is 80.0 Å². The summed E-state index contributed by atoms with van der Waals surface area (Å²) in [6, 6.07) is 5.92. The molecule has 0 radical (unpaired) electrons. The second-order valence-corrected chi connectivity index (χ2v) is 7.17. The molecule has 0 aromatic heterocycles. The SMILES string of the molecule is CCNC(=NCc1cc(Br)ccc1OC)N1CCCC(CC(N)=O)C1. The zero-order chi connectivity index (χ0) is 18.2. The van der Waals surface area contributed by atoms with Crippen molar-refractivity contribution in [2.45, 2.75) is 32.7 Å². The van der Waals surface area contributed by atoms with Crippen LogP contribution in [0.3, 0.4) is 0 Å². The molecule has 6 nitrogen and oxygen atoms in total. The number of carbonyl (C=O) groups is 1. The van der Waals surface area contributed by atoms with E-state index in [-0.39, 0.29) is 5.91 Å². The summed E-state index contributed by atoms with van der Waals surface area (Å²) in [5.74, 6) is 1.77. The second-order valence-electron chi connectivity index (χ2n) is 6.25. The number of likely N-dealkylation sites (tertiary alicyclic amines) is 1. The lowest BCUT2D eigenvalue weighted by Gasteiger charge is -2.34. The summed E-state index contributed by atoms with van der Waals surface area (Å²) in [6.07, 6.45) is 2.52. The first-order chi connectivity index (χ1) is 12.0. The van der Waals surface area contributed by atoms with Crippen LogP contribution in [0.2, 0.25) is 0 Å². The molecule has 1 aliphatic rings. The molecule has 0 saturated carbocycles. The van der Waals surface area contributed by atoms with Gasteiger partial charge in [0, 0.05) is 36.1 Å². The molecule has 1 amide bonds. The molecule has 0 aliphatic carbocycles. The Balaban J connectivity index is 2.12. The molecular formula is C18H27BrN4O2. The smallest absolute Gasteiger partial charge is 0.217 e. The number of guanidine groups is 1. The van der Waals surface area contributed by atoms with Crippen LogP contribution in [0.5, 0.6) is 5.75 Å². The quantitative estimate of drug-likeness (QED) is 0.557. The largest absolute Gasteiger partial charge is 0.496 e. The Morgan fingerprint density at radius 1 is 1.52 bits per heavy atom. The number of nitrogens with two attached hydrogens (primary N) is 1. The number of rotatable bonds is 6. The van der Waals surface area contributed by atoms with Crippen LogP contribution in [0, 0.1) is 5.92 Å². The Hall–Kier alpha value is -1.76. The van der Waals surface area contributed by atoms with Gasteiger partial charge in [-0.2, -0.15) is 0 Å². The van der Waals surface area contributed by atoms with E-state index in [4.69, 9.17) is 15.5 Å². The van der Waals surface area contributed by atoms with Crippen molar-refractivity contribution in [3.8, 4) is 5.75 Å². The molecule has 3 N–H and O–H groups in total. The van der Waals surface area contributed by atoms with Crippen molar-refractivity contribution in [2.24, 2.45) is 16.6 Å². The lowest BCUT2D eigenvalue weighted by molar-refractivity contribution is -0.119. The maximum Gasteiger partial charge on any atom is 0.217 e. The van der Waals surface area contributed by atoms with Gasteiger partial charge in [-0.05, 0) is 43.9 Å². The number of hydrogen-bond acceptors (Lipinski definition) is 3. The molecule has 1 heterocycles. The van der Waals surface area contributed by atoms with Gasteiger partial charge in [0.05, 0.1) is 13.7 Å². The van der Waals surface area contributed by atoms with Crippen LogP contribution in [0.4, 0.5) is 0 Å². The van der Waals surface area contributed by atoms with Crippen molar-refractivity contribution in [2.75, 3.05) is 26.7 Å². The number of nitrogens with zero attached hydrogens (tertiary/aromatic N) is 2. The van der Waals surface area contributed by atoms with Crippen LogP contribution in [-0.4, -0.2) is 43.5 Å². The minimum Gasteiger partial charge on any atom is -0.496 e. The highest BCUT2D eigenvalue weighted by molar-refractivity contribution is 9.10. The summed E-state index contributed by atoms with van der Waals surface area (Å²) in [5, 5.41) is 3.36. The molecule has 1 aromatic carbocycles. The number of primary amides is 1. The Morgan fingerprint density at radius 3 is 3.00 bits per heavy atom. The summed E-state index contributed by atoms with van der Waals surface area (Å²) in [7, 11) is 1.67. The van der Waals surface area contributed by atoms with Crippen LogP contribution >= 0.6 is 15.9 Å². The zero-order valence-corrected chi connectivity index (χ0v) is 16.5. The van der Waals surface area contributed by atoms with Crippen molar-refractivity contribution < 1.29 is 9.53 Å². The van der Waals surface area contributed by atoms with E-state index >= 15 is 0 Å². The molecule has 1 aromatic rings. The third-order valence-electron chi connectivity index (χ3n) is 4.28. The van der Waals surface area contributed by atoms with E-state index in [1.54, 1.807) is 7.11 Å². The summed E-state index contributed by atoms with van der Waals surface area (Å²) in [5.41, 5.74) is 6.39. The zero-order valence-electron chi connectivity index (χ0n) is 14.9. The van der Waals surface area contributed by atoms with E-state index in [1.165, 1.54) is 0 Å². The van der Waals surface area contributed by atoms with Gasteiger partial charge in [-0.1, -0.05) is 15.9 Å². The van der Waals surface area contributed by atoms with Gasteiger partial charge in [0.15, 0.2) is 5.96 Å². The molecule has 2 rings (SSSR count). The van der Waals surface area contributed by atoms with Gasteiger partial charge in [0.25, 0.3) is 0 Å². The number of methoxy groups -OCH3 is 1. The predicted molar refractivity (Wildman–Crippen MR) is 104 cm³/mol. The third-order valence-corrected chi connectivity index (χ3v) is 4.78. The number of aliphatic imine (C=N–C) groups is 1. The molecule has 25 heavy (non-hydrogen) atoms. The first-order valence-corrected chi connectivity index (χ1v) is 9.46. The molecule has 0 bridgehead atoms. The fraction of sp³-hybridized carbons (Fsp3) is 0.556.